The fraction of sp³-hybridized carbons (Fsp3) is 0.588. The molecule has 3 rings (SSSR count). The third-order valence-corrected chi connectivity index (χ3v) is 4.92. The molecule has 2 heterocycles. The highest BCUT2D eigenvalue weighted by molar-refractivity contribution is 5.54. The Hall–Kier alpha value is -1.53. The van der Waals surface area contributed by atoms with Gasteiger partial charge in [-0.15, -0.1) is 0 Å². The highest BCUT2D eigenvalue weighted by atomic mass is 15.2. The van der Waals surface area contributed by atoms with Crippen LogP contribution < -0.4 is 10.2 Å². The molecule has 1 unspecified atom stereocenters. The van der Waals surface area contributed by atoms with Gasteiger partial charge in [-0.25, -0.2) is 0 Å². The third kappa shape index (κ3) is 2.53. The lowest BCUT2D eigenvalue weighted by Gasteiger charge is -2.46. The third-order valence-electron chi connectivity index (χ3n) is 4.92. The Kier molecular flexibility index (Phi) is 3.67. The van der Waals surface area contributed by atoms with Crippen LogP contribution in [0, 0.1) is 23.7 Å². The van der Waals surface area contributed by atoms with E-state index in [-0.39, 0.29) is 0 Å². The summed E-state index contributed by atoms with van der Waals surface area (Å²) in [6.07, 6.45) is 5.29. The molecule has 0 aromatic heterocycles. The number of benzene rings is 1. The van der Waals surface area contributed by atoms with Crippen molar-refractivity contribution < 1.29 is 0 Å². The van der Waals surface area contributed by atoms with Gasteiger partial charge in [0.25, 0.3) is 0 Å². The van der Waals surface area contributed by atoms with Crippen LogP contribution in [0.5, 0.6) is 0 Å². The monoisotopic (exact) mass is 269 g/mol. The molecule has 106 valence electrons. The molecule has 1 aromatic rings. The Morgan fingerprint density at radius 2 is 2.15 bits per heavy atom. The summed E-state index contributed by atoms with van der Waals surface area (Å²) < 4.78 is 0. The molecule has 0 aliphatic carbocycles. The molecular formula is C17H23N3. The van der Waals surface area contributed by atoms with Crippen molar-refractivity contribution in [2.75, 3.05) is 31.1 Å². The van der Waals surface area contributed by atoms with E-state index >= 15 is 0 Å². The SMILES string of the molecule is Cc1cc(N2CCCC3(CCCNC3)C2)ccc1C#N. The van der Waals surface area contributed by atoms with Crippen LogP contribution >= 0.6 is 0 Å². The van der Waals surface area contributed by atoms with Gasteiger partial charge in [0.1, 0.15) is 0 Å². The number of hydrogen-bond acceptors (Lipinski definition) is 3. The standard InChI is InChI=1S/C17H23N3/c1-14-10-16(5-4-15(14)11-18)20-9-3-7-17(13-20)6-2-8-19-12-17/h4-5,10,19H,2-3,6-9,12-13H2,1H3. The lowest BCUT2D eigenvalue weighted by atomic mass is 9.74. The second kappa shape index (κ2) is 5.46. The summed E-state index contributed by atoms with van der Waals surface area (Å²) in [5.41, 5.74) is 3.63. The first-order valence-corrected chi connectivity index (χ1v) is 7.69. The highest BCUT2D eigenvalue weighted by Crippen LogP contribution is 2.37. The van der Waals surface area contributed by atoms with Gasteiger partial charge < -0.3 is 10.2 Å². The summed E-state index contributed by atoms with van der Waals surface area (Å²) >= 11 is 0. The summed E-state index contributed by atoms with van der Waals surface area (Å²) in [6, 6.07) is 8.50. The van der Waals surface area contributed by atoms with Crippen molar-refractivity contribution in [1.29, 1.82) is 5.26 Å². The van der Waals surface area contributed by atoms with E-state index in [0.717, 1.165) is 24.2 Å². The fourth-order valence-electron chi connectivity index (χ4n) is 3.78. The van der Waals surface area contributed by atoms with Crippen LogP contribution in [-0.2, 0) is 0 Å². The molecule has 3 heteroatoms. The maximum Gasteiger partial charge on any atom is 0.0994 e. The molecule has 1 atom stereocenters. The molecule has 2 aliphatic rings. The quantitative estimate of drug-likeness (QED) is 0.852. The van der Waals surface area contributed by atoms with Gasteiger partial charge in [0.05, 0.1) is 11.6 Å². The predicted molar refractivity (Wildman–Crippen MR) is 81.9 cm³/mol. The minimum absolute atomic E-state index is 0.471. The lowest BCUT2D eigenvalue weighted by Crippen LogP contribution is -2.51. The van der Waals surface area contributed by atoms with E-state index in [1.165, 1.54) is 44.5 Å². The Bertz CT molecular complexity index is 518. The van der Waals surface area contributed by atoms with Gasteiger partial charge >= 0.3 is 0 Å². The first-order valence-electron chi connectivity index (χ1n) is 7.69. The van der Waals surface area contributed by atoms with Crippen molar-refractivity contribution in [3.63, 3.8) is 0 Å². The molecule has 2 fully saturated rings. The number of rotatable bonds is 1. The molecule has 1 N–H and O–H groups in total. The molecular weight excluding hydrogens is 246 g/mol. The Morgan fingerprint density at radius 1 is 1.30 bits per heavy atom. The summed E-state index contributed by atoms with van der Waals surface area (Å²) in [4.78, 5) is 2.52. The van der Waals surface area contributed by atoms with Gasteiger partial charge in [0.2, 0.25) is 0 Å². The first kappa shape index (κ1) is 13.5. The van der Waals surface area contributed by atoms with Crippen molar-refractivity contribution in [1.82, 2.24) is 5.32 Å². The molecule has 3 nitrogen and oxygen atoms in total. The minimum atomic E-state index is 0.471. The highest BCUT2D eigenvalue weighted by Gasteiger charge is 2.36. The van der Waals surface area contributed by atoms with Crippen molar-refractivity contribution in [3.05, 3.63) is 29.3 Å². The second-order valence-electron chi connectivity index (χ2n) is 6.42. The largest absolute Gasteiger partial charge is 0.371 e. The molecule has 0 amide bonds. The first-order chi connectivity index (χ1) is 9.72. The number of anilines is 1. The number of aryl methyl sites for hydroxylation is 1. The molecule has 1 spiro atoms. The molecule has 0 radical (unpaired) electrons. The van der Waals surface area contributed by atoms with Crippen LogP contribution in [0.1, 0.15) is 36.8 Å². The number of hydrogen-bond donors (Lipinski definition) is 1. The maximum absolute atomic E-state index is 9.05. The average Bonchev–Trinajstić information content (AvgIpc) is 2.48. The Morgan fingerprint density at radius 3 is 2.85 bits per heavy atom. The van der Waals surface area contributed by atoms with E-state index in [9.17, 15) is 0 Å². The van der Waals surface area contributed by atoms with Crippen LogP contribution in [0.25, 0.3) is 0 Å². The Balaban J connectivity index is 1.80. The number of piperidine rings is 2. The molecule has 0 saturated carbocycles. The van der Waals surface area contributed by atoms with Gasteiger partial charge in [0, 0.05) is 30.7 Å². The second-order valence-corrected chi connectivity index (χ2v) is 6.42. The minimum Gasteiger partial charge on any atom is -0.371 e. The molecule has 1 aromatic carbocycles. The van der Waals surface area contributed by atoms with Crippen LogP contribution in [0.4, 0.5) is 5.69 Å². The number of nitrogens with zero attached hydrogens (tertiary/aromatic N) is 2. The summed E-state index contributed by atoms with van der Waals surface area (Å²) in [6.45, 7) is 6.68. The normalized spacial score (nSPS) is 26.5. The van der Waals surface area contributed by atoms with Gasteiger partial charge in [-0.3, -0.25) is 0 Å². The summed E-state index contributed by atoms with van der Waals surface area (Å²) in [5, 5.41) is 12.6. The van der Waals surface area contributed by atoms with E-state index in [1.807, 2.05) is 13.0 Å². The molecule has 0 bridgehead atoms. The van der Waals surface area contributed by atoms with E-state index in [0.29, 0.717) is 5.41 Å². The zero-order valence-corrected chi connectivity index (χ0v) is 12.3. The topological polar surface area (TPSA) is 39.1 Å². The van der Waals surface area contributed by atoms with E-state index in [4.69, 9.17) is 5.26 Å². The molecule has 2 aliphatic heterocycles. The van der Waals surface area contributed by atoms with Crippen LogP contribution in [-0.4, -0.2) is 26.2 Å². The number of nitriles is 1. The van der Waals surface area contributed by atoms with Gasteiger partial charge in [-0.05, 0) is 62.9 Å². The Labute approximate surface area is 121 Å². The van der Waals surface area contributed by atoms with Gasteiger partial charge in [-0.1, -0.05) is 0 Å². The van der Waals surface area contributed by atoms with Crippen molar-refractivity contribution in [2.45, 2.75) is 32.6 Å². The lowest BCUT2D eigenvalue weighted by molar-refractivity contribution is 0.173. The van der Waals surface area contributed by atoms with Crippen LogP contribution in [0.3, 0.4) is 0 Å². The van der Waals surface area contributed by atoms with Gasteiger partial charge in [0.15, 0.2) is 0 Å². The predicted octanol–water partition coefficient (Wildman–Crippen LogP) is 2.84. The molecule has 2 saturated heterocycles. The smallest absolute Gasteiger partial charge is 0.0994 e. The fourth-order valence-corrected chi connectivity index (χ4v) is 3.78. The van der Waals surface area contributed by atoms with E-state index in [2.05, 4.69) is 28.4 Å². The van der Waals surface area contributed by atoms with Gasteiger partial charge in [-0.2, -0.15) is 5.26 Å². The molecule has 20 heavy (non-hydrogen) atoms. The zero-order chi connectivity index (χ0) is 14.0. The average molecular weight is 269 g/mol. The zero-order valence-electron chi connectivity index (χ0n) is 12.3. The van der Waals surface area contributed by atoms with Crippen LogP contribution in [0.15, 0.2) is 18.2 Å². The maximum atomic E-state index is 9.05. The van der Waals surface area contributed by atoms with E-state index in [1.54, 1.807) is 0 Å². The number of nitrogens with one attached hydrogen (secondary N) is 1. The van der Waals surface area contributed by atoms with Crippen molar-refractivity contribution in [2.24, 2.45) is 5.41 Å². The summed E-state index contributed by atoms with van der Waals surface area (Å²) in [5.74, 6) is 0. The van der Waals surface area contributed by atoms with E-state index < -0.39 is 0 Å². The van der Waals surface area contributed by atoms with Crippen LogP contribution in [0.2, 0.25) is 0 Å². The summed E-state index contributed by atoms with van der Waals surface area (Å²) in [7, 11) is 0. The van der Waals surface area contributed by atoms with Crippen molar-refractivity contribution >= 4 is 5.69 Å². The van der Waals surface area contributed by atoms with Crippen molar-refractivity contribution in [3.8, 4) is 6.07 Å².